The molecule has 0 radical (unpaired) electrons. The maximum atomic E-state index is 4.44. The van der Waals surface area contributed by atoms with Gasteiger partial charge in [0.25, 0.3) is 0 Å². The second kappa shape index (κ2) is 6.35. The molecule has 3 aromatic rings. The summed E-state index contributed by atoms with van der Waals surface area (Å²) in [6, 6.07) is 10.0. The lowest BCUT2D eigenvalue weighted by Gasteiger charge is -2.06. The van der Waals surface area contributed by atoms with Crippen molar-refractivity contribution < 1.29 is 0 Å². The van der Waals surface area contributed by atoms with Crippen LogP contribution in [0.5, 0.6) is 0 Å². The van der Waals surface area contributed by atoms with Crippen LogP contribution >= 0.6 is 0 Å². The predicted octanol–water partition coefficient (Wildman–Crippen LogP) is 3.42. The van der Waals surface area contributed by atoms with Gasteiger partial charge in [-0.05, 0) is 18.6 Å². The van der Waals surface area contributed by atoms with Crippen molar-refractivity contribution in [2.45, 2.75) is 26.2 Å². The lowest BCUT2D eigenvalue weighted by atomic mass is 10.2. The third kappa shape index (κ3) is 2.86. The lowest BCUT2D eigenvalue weighted by Crippen LogP contribution is -2.04. The first kappa shape index (κ1) is 13.5. The zero-order valence-electron chi connectivity index (χ0n) is 12.2. The van der Waals surface area contributed by atoms with Crippen molar-refractivity contribution in [3.8, 4) is 5.69 Å². The topological polar surface area (TPSA) is 55.6 Å². The second-order valence-electron chi connectivity index (χ2n) is 4.99. The summed E-state index contributed by atoms with van der Waals surface area (Å²) in [4.78, 5) is 8.71. The summed E-state index contributed by atoms with van der Waals surface area (Å²) in [6.45, 7) is 3.13. The highest BCUT2D eigenvalue weighted by atomic mass is 15.3. The van der Waals surface area contributed by atoms with Crippen molar-refractivity contribution in [3.05, 3.63) is 42.9 Å². The molecule has 0 saturated carbocycles. The van der Waals surface area contributed by atoms with E-state index in [0.29, 0.717) is 0 Å². The molecular formula is C16H19N5. The summed E-state index contributed by atoms with van der Waals surface area (Å²) >= 11 is 0. The standard InChI is InChI=1S/C16H19N5/c1-2-3-7-10-17-15-14-11-20-21(16(14)19-12-18-15)13-8-5-4-6-9-13/h4-6,8-9,11-12H,2-3,7,10H2,1H3,(H,17,18,19). The van der Waals surface area contributed by atoms with Crippen LogP contribution in [0.2, 0.25) is 0 Å². The normalized spacial score (nSPS) is 10.9. The summed E-state index contributed by atoms with van der Waals surface area (Å²) in [5, 5.41) is 8.78. The predicted molar refractivity (Wildman–Crippen MR) is 84.7 cm³/mol. The number of unbranched alkanes of at least 4 members (excludes halogenated alkanes) is 2. The molecule has 0 spiro atoms. The Morgan fingerprint density at radius 3 is 2.76 bits per heavy atom. The highest BCUT2D eigenvalue weighted by Gasteiger charge is 2.10. The fourth-order valence-electron chi connectivity index (χ4n) is 2.32. The summed E-state index contributed by atoms with van der Waals surface area (Å²) in [6.07, 6.45) is 7.00. The van der Waals surface area contributed by atoms with Crippen molar-refractivity contribution in [1.29, 1.82) is 0 Å². The molecule has 0 fully saturated rings. The molecule has 0 unspecified atom stereocenters. The molecule has 108 valence electrons. The van der Waals surface area contributed by atoms with Crippen LogP contribution in [0.25, 0.3) is 16.7 Å². The number of nitrogens with zero attached hydrogens (tertiary/aromatic N) is 4. The van der Waals surface area contributed by atoms with Crippen molar-refractivity contribution in [3.63, 3.8) is 0 Å². The molecule has 2 aromatic heterocycles. The largest absolute Gasteiger partial charge is 0.369 e. The minimum Gasteiger partial charge on any atom is -0.369 e. The molecule has 1 N–H and O–H groups in total. The summed E-state index contributed by atoms with van der Waals surface area (Å²) in [5.74, 6) is 0.860. The SMILES string of the molecule is CCCCCNc1ncnc2c1cnn2-c1ccccc1. The van der Waals surface area contributed by atoms with E-state index in [4.69, 9.17) is 0 Å². The van der Waals surface area contributed by atoms with Gasteiger partial charge in [-0.15, -0.1) is 0 Å². The van der Waals surface area contributed by atoms with Crippen LogP contribution in [0, 0.1) is 0 Å². The molecule has 2 heterocycles. The van der Waals surface area contributed by atoms with Gasteiger partial charge in [-0.3, -0.25) is 0 Å². The number of hydrogen-bond donors (Lipinski definition) is 1. The van der Waals surface area contributed by atoms with Gasteiger partial charge in [0.15, 0.2) is 5.65 Å². The lowest BCUT2D eigenvalue weighted by molar-refractivity contribution is 0.742. The molecule has 21 heavy (non-hydrogen) atoms. The Morgan fingerprint density at radius 1 is 1.10 bits per heavy atom. The van der Waals surface area contributed by atoms with Gasteiger partial charge >= 0.3 is 0 Å². The van der Waals surface area contributed by atoms with Gasteiger partial charge in [-0.2, -0.15) is 5.10 Å². The zero-order valence-corrected chi connectivity index (χ0v) is 12.2. The van der Waals surface area contributed by atoms with Crippen LogP contribution in [0.1, 0.15) is 26.2 Å². The summed E-state index contributed by atoms with van der Waals surface area (Å²) < 4.78 is 1.84. The number of benzene rings is 1. The molecular weight excluding hydrogens is 262 g/mol. The average Bonchev–Trinajstić information content (AvgIpc) is 2.97. The minimum absolute atomic E-state index is 0.828. The highest BCUT2D eigenvalue weighted by Crippen LogP contribution is 2.21. The molecule has 0 saturated heterocycles. The number of hydrogen-bond acceptors (Lipinski definition) is 4. The number of rotatable bonds is 6. The quantitative estimate of drug-likeness (QED) is 0.703. The minimum atomic E-state index is 0.828. The second-order valence-corrected chi connectivity index (χ2v) is 4.99. The van der Waals surface area contributed by atoms with Crippen LogP contribution in [-0.4, -0.2) is 26.3 Å². The zero-order chi connectivity index (χ0) is 14.5. The first-order valence-electron chi connectivity index (χ1n) is 7.38. The molecule has 3 rings (SSSR count). The van der Waals surface area contributed by atoms with E-state index in [1.165, 1.54) is 12.8 Å². The van der Waals surface area contributed by atoms with Gasteiger partial charge in [-0.1, -0.05) is 38.0 Å². The number of aromatic nitrogens is 4. The Balaban J connectivity index is 1.89. The number of anilines is 1. The molecule has 0 aliphatic heterocycles. The molecule has 0 amide bonds. The van der Waals surface area contributed by atoms with E-state index in [-0.39, 0.29) is 0 Å². The Bertz CT molecular complexity index is 705. The van der Waals surface area contributed by atoms with E-state index in [2.05, 4.69) is 27.3 Å². The highest BCUT2D eigenvalue weighted by molar-refractivity contribution is 5.87. The van der Waals surface area contributed by atoms with E-state index >= 15 is 0 Å². The Hall–Kier alpha value is -2.43. The van der Waals surface area contributed by atoms with Crippen LogP contribution in [0.15, 0.2) is 42.9 Å². The van der Waals surface area contributed by atoms with Gasteiger partial charge < -0.3 is 5.32 Å². The van der Waals surface area contributed by atoms with Crippen molar-refractivity contribution in [2.75, 3.05) is 11.9 Å². The van der Waals surface area contributed by atoms with Crippen molar-refractivity contribution in [2.24, 2.45) is 0 Å². The van der Waals surface area contributed by atoms with Crippen molar-refractivity contribution in [1.82, 2.24) is 19.7 Å². The number of fused-ring (bicyclic) bond motifs is 1. The van der Waals surface area contributed by atoms with E-state index < -0.39 is 0 Å². The molecule has 5 nitrogen and oxygen atoms in total. The third-order valence-electron chi connectivity index (χ3n) is 3.44. The number of para-hydroxylation sites is 1. The van der Waals surface area contributed by atoms with E-state index in [1.807, 2.05) is 41.2 Å². The van der Waals surface area contributed by atoms with Crippen LogP contribution < -0.4 is 5.32 Å². The Morgan fingerprint density at radius 2 is 1.95 bits per heavy atom. The van der Waals surface area contributed by atoms with Crippen LogP contribution in [0.4, 0.5) is 5.82 Å². The Labute approximate surface area is 124 Å². The molecule has 0 aliphatic rings. The van der Waals surface area contributed by atoms with E-state index in [1.54, 1.807) is 6.33 Å². The molecule has 0 aliphatic carbocycles. The first-order valence-corrected chi connectivity index (χ1v) is 7.38. The van der Waals surface area contributed by atoms with E-state index in [0.717, 1.165) is 35.5 Å². The maximum absolute atomic E-state index is 4.44. The van der Waals surface area contributed by atoms with Crippen LogP contribution in [-0.2, 0) is 0 Å². The van der Waals surface area contributed by atoms with Crippen LogP contribution in [0.3, 0.4) is 0 Å². The molecule has 1 aromatic carbocycles. The average molecular weight is 281 g/mol. The first-order chi connectivity index (χ1) is 10.4. The molecule has 5 heteroatoms. The summed E-state index contributed by atoms with van der Waals surface area (Å²) in [5.41, 5.74) is 1.83. The maximum Gasteiger partial charge on any atom is 0.168 e. The fraction of sp³-hybridized carbons (Fsp3) is 0.312. The Kier molecular flexibility index (Phi) is 4.09. The van der Waals surface area contributed by atoms with E-state index in [9.17, 15) is 0 Å². The van der Waals surface area contributed by atoms with Gasteiger partial charge in [0, 0.05) is 6.54 Å². The third-order valence-corrected chi connectivity index (χ3v) is 3.44. The van der Waals surface area contributed by atoms with Gasteiger partial charge in [0.05, 0.1) is 17.3 Å². The van der Waals surface area contributed by atoms with Gasteiger partial charge in [0.2, 0.25) is 0 Å². The van der Waals surface area contributed by atoms with Gasteiger partial charge in [-0.25, -0.2) is 14.6 Å². The smallest absolute Gasteiger partial charge is 0.168 e. The number of nitrogens with one attached hydrogen (secondary N) is 1. The van der Waals surface area contributed by atoms with Gasteiger partial charge in [0.1, 0.15) is 12.1 Å². The fourth-order valence-corrected chi connectivity index (χ4v) is 2.32. The monoisotopic (exact) mass is 281 g/mol. The van der Waals surface area contributed by atoms with Crippen molar-refractivity contribution >= 4 is 16.9 Å². The summed E-state index contributed by atoms with van der Waals surface area (Å²) in [7, 11) is 0. The molecule has 0 bridgehead atoms. The molecule has 0 atom stereocenters.